The lowest BCUT2D eigenvalue weighted by atomic mass is 10.2. The largest absolute Gasteiger partial charge is 0.488 e. The molecular formula is C10H9FN4O5S. The van der Waals surface area contributed by atoms with E-state index < -0.39 is 22.2 Å². The highest BCUT2D eigenvalue weighted by Gasteiger charge is 2.14. The molecule has 0 aliphatic rings. The Kier molecular flexibility index (Phi) is 4.12. The molecule has 21 heavy (non-hydrogen) atoms. The number of hydrogen-bond donors (Lipinski definition) is 1. The van der Waals surface area contributed by atoms with Crippen molar-refractivity contribution in [3.63, 3.8) is 0 Å². The number of nitrogens with one attached hydrogen (secondary N) is 1. The van der Waals surface area contributed by atoms with Crippen molar-refractivity contribution in [2.45, 2.75) is 13.5 Å². The second-order valence-electron chi connectivity index (χ2n) is 3.86. The normalized spacial score (nSPS) is 11.1. The van der Waals surface area contributed by atoms with Crippen LogP contribution in [0.1, 0.15) is 21.7 Å². The molecule has 1 amide bonds. The average Bonchev–Trinajstić information content (AvgIpc) is 2.80. The fourth-order valence-electron chi connectivity index (χ4n) is 1.38. The number of amides is 1. The fourth-order valence-corrected chi connectivity index (χ4v) is 1.70. The minimum atomic E-state index is -5.18. The van der Waals surface area contributed by atoms with E-state index in [1.165, 1.54) is 6.20 Å². The van der Waals surface area contributed by atoms with E-state index in [4.69, 9.17) is 0 Å². The van der Waals surface area contributed by atoms with Crippen molar-refractivity contribution in [3.05, 3.63) is 35.4 Å². The molecule has 2 aromatic rings. The lowest BCUT2D eigenvalue weighted by Gasteiger charge is -2.04. The van der Waals surface area contributed by atoms with Crippen LogP contribution in [0.5, 0.6) is 5.75 Å². The number of hydrogen-bond acceptors (Lipinski definition) is 8. The van der Waals surface area contributed by atoms with Gasteiger partial charge in [-0.25, -0.2) is 4.63 Å². The first-order valence-electron chi connectivity index (χ1n) is 5.50. The molecule has 2 heterocycles. The van der Waals surface area contributed by atoms with Gasteiger partial charge in [-0.05, 0) is 13.0 Å². The number of carbonyl (C=O) groups excluding carboxylic acids is 1. The molecule has 0 saturated heterocycles. The number of aromatic nitrogens is 3. The van der Waals surface area contributed by atoms with Crippen molar-refractivity contribution in [2.75, 3.05) is 0 Å². The molecule has 11 heteroatoms. The third kappa shape index (κ3) is 4.21. The Morgan fingerprint density at radius 1 is 1.43 bits per heavy atom. The molecule has 2 aromatic heterocycles. The molecule has 0 fully saturated rings. The first kappa shape index (κ1) is 14.8. The van der Waals surface area contributed by atoms with E-state index in [-0.39, 0.29) is 12.1 Å². The van der Waals surface area contributed by atoms with Gasteiger partial charge in [0.25, 0.3) is 5.91 Å². The number of aryl methyl sites for hydroxylation is 1. The number of nitrogens with zero attached hydrogens (tertiary/aromatic N) is 3. The molecule has 0 atom stereocenters. The van der Waals surface area contributed by atoms with Crippen molar-refractivity contribution >= 4 is 16.4 Å². The van der Waals surface area contributed by atoms with E-state index in [1.807, 2.05) is 0 Å². The highest BCUT2D eigenvalue weighted by atomic mass is 32.3. The molecule has 2 rings (SSSR count). The Morgan fingerprint density at radius 2 is 2.19 bits per heavy atom. The van der Waals surface area contributed by atoms with Gasteiger partial charge in [0, 0.05) is 6.20 Å². The molecule has 9 nitrogen and oxygen atoms in total. The topological polar surface area (TPSA) is 124 Å². The Morgan fingerprint density at radius 3 is 2.81 bits per heavy atom. The van der Waals surface area contributed by atoms with Crippen LogP contribution in [-0.4, -0.2) is 29.6 Å². The summed E-state index contributed by atoms with van der Waals surface area (Å²) < 4.78 is 41.5. The maximum absolute atomic E-state index is 12.4. The van der Waals surface area contributed by atoms with E-state index in [1.54, 1.807) is 6.92 Å². The van der Waals surface area contributed by atoms with Gasteiger partial charge in [0.2, 0.25) is 0 Å². The van der Waals surface area contributed by atoms with Crippen molar-refractivity contribution in [2.24, 2.45) is 0 Å². The Labute approximate surface area is 118 Å². The molecule has 0 spiro atoms. The summed E-state index contributed by atoms with van der Waals surface area (Å²) in [6, 6.07) is 1.04. The summed E-state index contributed by atoms with van der Waals surface area (Å²) in [7, 11) is -5.18. The van der Waals surface area contributed by atoms with Gasteiger partial charge in [-0.1, -0.05) is 14.2 Å². The van der Waals surface area contributed by atoms with Crippen molar-refractivity contribution in [1.82, 2.24) is 20.6 Å². The van der Waals surface area contributed by atoms with Crippen molar-refractivity contribution in [3.8, 4) is 5.75 Å². The zero-order valence-corrected chi connectivity index (χ0v) is 11.4. The molecule has 112 valence electrons. The first-order chi connectivity index (χ1) is 9.85. The van der Waals surface area contributed by atoms with E-state index in [2.05, 4.69) is 29.4 Å². The van der Waals surface area contributed by atoms with E-state index >= 15 is 0 Å². The lowest BCUT2D eigenvalue weighted by molar-refractivity contribution is 0.0949. The predicted octanol–water partition coefficient (Wildman–Crippen LogP) is 0.296. The van der Waals surface area contributed by atoms with Gasteiger partial charge in [-0.2, -0.15) is 8.42 Å². The highest BCUT2D eigenvalue weighted by molar-refractivity contribution is 7.81. The first-order valence-corrected chi connectivity index (χ1v) is 6.81. The Hall–Kier alpha value is -2.56. The molecule has 0 bridgehead atoms. The molecule has 0 aromatic carbocycles. The van der Waals surface area contributed by atoms with Crippen molar-refractivity contribution < 1.29 is 25.9 Å². The number of pyridine rings is 1. The number of halogens is 1. The standard InChI is InChI=1S/C10H9FN4O5S/c1-6-9(15-20-14-6)5-13-10(16)7-2-8(4-12-3-7)19-21(11,17)18/h2-4H,5H2,1H3,(H,13,16). The summed E-state index contributed by atoms with van der Waals surface area (Å²) in [6.45, 7) is 1.71. The van der Waals surface area contributed by atoms with Crippen LogP contribution in [0.25, 0.3) is 0 Å². The summed E-state index contributed by atoms with van der Waals surface area (Å²) in [5.74, 6) is -0.990. The number of rotatable bonds is 5. The van der Waals surface area contributed by atoms with Gasteiger partial charge in [-0.3, -0.25) is 9.78 Å². The Balaban J connectivity index is 2.06. The average molecular weight is 316 g/mol. The zero-order valence-electron chi connectivity index (χ0n) is 10.6. The van der Waals surface area contributed by atoms with Crippen LogP contribution >= 0.6 is 0 Å². The van der Waals surface area contributed by atoms with Crippen LogP contribution in [0.3, 0.4) is 0 Å². The third-order valence-electron chi connectivity index (χ3n) is 2.33. The van der Waals surface area contributed by atoms with Gasteiger partial charge in [-0.15, -0.1) is 0 Å². The third-order valence-corrected chi connectivity index (χ3v) is 2.73. The van der Waals surface area contributed by atoms with Crippen LogP contribution < -0.4 is 9.50 Å². The lowest BCUT2D eigenvalue weighted by Crippen LogP contribution is -2.23. The fraction of sp³-hybridized carbons (Fsp3) is 0.200. The van der Waals surface area contributed by atoms with Crippen LogP contribution in [0.15, 0.2) is 23.1 Å². The smallest absolute Gasteiger partial charge is 0.357 e. The van der Waals surface area contributed by atoms with Crippen LogP contribution in [0, 0.1) is 6.92 Å². The van der Waals surface area contributed by atoms with E-state index in [0.717, 1.165) is 12.3 Å². The minimum absolute atomic E-state index is 0.00902. The quantitative estimate of drug-likeness (QED) is 0.781. The summed E-state index contributed by atoms with van der Waals surface area (Å²) in [4.78, 5) is 15.4. The van der Waals surface area contributed by atoms with E-state index in [9.17, 15) is 17.1 Å². The molecule has 1 N–H and O–H groups in total. The van der Waals surface area contributed by atoms with E-state index in [0.29, 0.717) is 11.4 Å². The maximum atomic E-state index is 12.4. The Bertz CT molecular complexity index is 760. The molecule has 0 unspecified atom stereocenters. The molecular weight excluding hydrogens is 307 g/mol. The second kappa shape index (κ2) is 5.83. The molecule has 0 aliphatic carbocycles. The predicted molar refractivity (Wildman–Crippen MR) is 65.1 cm³/mol. The van der Waals surface area contributed by atoms with Gasteiger partial charge < -0.3 is 9.50 Å². The molecule has 0 radical (unpaired) electrons. The van der Waals surface area contributed by atoms with Crippen molar-refractivity contribution in [1.29, 1.82) is 0 Å². The van der Waals surface area contributed by atoms with Crippen LogP contribution in [0.4, 0.5) is 3.89 Å². The highest BCUT2D eigenvalue weighted by Crippen LogP contribution is 2.14. The van der Waals surface area contributed by atoms with Crippen LogP contribution in [0.2, 0.25) is 0 Å². The molecule has 0 saturated carbocycles. The van der Waals surface area contributed by atoms with Gasteiger partial charge in [0.05, 0.1) is 18.3 Å². The number of carbonyl (C=O) groups is 1. The summed E-state index contributed by atoms with van der Waals surface area (Å²) in [5, 5.41) is 9.61. The zero-order chi connectivity index (χ0) is 15.5. The summed E-state index contributed by atoms with van der Waals surface area (Å²) >= 11 is 0. The monoisotopic (exact) mass is 316 g/mol. The second-order valence-corrected chi connectivity index (χ2v) is 4.82. The van der Waals surface area contributed by atoms with Gasteiger partial charge >= 0.3 is 10.5 Å². The summed E-state index contributed by atoms with van der Waals surface area (Å²) in [5.41, 5.74) is 0.953. The minimum Gasteiger partial charge on any atom is -0.357 e. The molecule has 0 aliphatic heterocycles. The maximum Gasteiger partial charge on any atom is 0.488 e. The van der Waals surface area contributed by atoms with Gasteiger partial charge in [0.15, 0.2) is 5.75 Å². The van der Waals surface area contributed by atoms with Crippen LogP contribution in [-0.2, 0) is 17.0 Å². The SMILES string of the molecule is Cc1nonc1CNC(=O)c1cncc(OS(=O)(=O)F)c1. The van der Waals surface area contributed by atoms with Gasteiger partial charge in [0.1, 0.15) is 11.4 Å². The summed E-state index contributed by atoms with van der Waals surface area (Å²) in [6.07, 6.45) is 2.13.